The second-order valence-corrected chi connectivity index (χ2v) is 11.2. The van der Waals surface area contributed by atoms with Gasteiger partial charge in [-0.25, -0.2) is 18.4 Å². The van der Waals surface area contributed by atoms with Crippen molar-refractivity contribution >= 4 is 32.4 Å². The van der Waals surface area contributed by atoms with E-state index in [1.165, 1.54) is 24.4 Å². The maximum atomic E-state index is 13.2. The molecule has 1 aliphatic rings. The molecule has 2 aromatic heterocycles. The number of thiazole rings is 1. The number of halogens is 3. The van der Waals surface area contributed by atoms with Gasteiger partial charge in [-0.3, -0.25) is 14.5 Å². The molecule has 34 heavy (non-hydrogen) atoms. The van der Waals surface area contributed by atoms with Crippen LogP contribution in [0.25, 0.3) is 11.3 Å². The van der Waals surface area contributed by atoms with E-state index in [1.807, 2.05) is 0 Å². The first kappa shape index (κ1) is 24.1. The van der Waals surface area contributed by atoms with Crippen molar-refractivity contribution in [2.24, 2.45) is 5.73 Å². The molecular weight excluding hydrogens is 491 g/mol. The zero-order valence-electron chi connectivity index (χ0n) is 18.0. The van der Waals surface area contributed by atoms with Crippen LogP contribution in [0, 0.1) is 0 Å². The van der Waals surface area contributed by atoms with Crippen molar-refractivity contribution in [1.82, 2.24) is 15.0 Å². The molecule has 0 atom stereocenters. The Morgan fingerprint density at radius 3 is 2.47 bits per heavy atom. The third-order valence-electron chi connectivity index (χ3n) is 5.52. The number of hydrogen-bond donors (Lipinski definition) is 2. The zero-order valence-corrected chi connectivity index (χ0v) is 19.7. The summed E-state index contributed by atoms with van der Waals surface area (Å²) in [5.74, 6) is -0.713. The van der Waals surface area contributed by atoms with Gasteiger partial charge in [0, 0.05) is 21.9 Å². The Bertz CT molecular complexity index is 1370. The van der Waals surface area contributed by atoms with Crippen LogP contribution in [-0.2, 0) is 21.6 Å². The molecule has 0 saturated heterocycles. The first-order valence-corrected chi connectivity index (χ1v) is 12.5. The molecule has 1 aliphatic carbocycles. The summed E-state index contributed by atoms with van der Waals surface area (Å²) in [7, 11) is -3.51. The van der Waals surface area contributed by atoms with Crippen LogP contribution < -0.4 is 10.5 Å². The normalized spacial score (nSPS) is 14.7. The molecule has 3 N–H and O–H groups in total. The summed E-state index contributed by atoms with van der Waals surface area (Å²) in [6.45, 7) is 3.51. The topological polar surface area (TPSA) is 128 Å². The van der Waals surface area contributed by atoms with E-state index in [0.29, 0.717) is 35.9 Å². The van der Waals surface area contributed by atoms with E-state index < -0.39 is 38.5 Å². The Hall–Kier alpha value is -3.06. The van der Waals surface area contributed by atoms with Crippen molar-refractivity contribution in [2.45, 2.75) is 43.5 Å². The Morgan fingerprint density at radius 2 is 1.85 bits per heavy atom. The van der Waals surface area contributed by atoms with Crippen molar-refractivity contribution in [3.8, 4) is 11.3 Å². The molecule has 0 bridgehead atoms. The summed E-state index contributed by atoms with van der Waals surface area (Å²) in [4.78, 5) is 23.7. The monoisotopic (exact) mass is 511 g/mol. The quantitative estimate of drug-likeness (QED) is 0.494. The van der Waals surface area contributed by atoms with E-state index in [9.17, 15) is 26.4 Å². The highest BCUT2D eigenvalue weighted by atomic mass is 32.2. The first-order chi connectivity index (χ1) is 15.8. The van der Waals surface area contributed by atoms with Gasteiger partial charge in [-0.15, -0.1) is 11.3 Å². The number of hydrogen-bond acceptors (Lipinski definition) is 7. The number of primary amides is 1. The number of anilines is 1. The standard InChI is InChI=1S/C21H20F3N5O3S2/c1-20(2,17-10-33-19(28-17)29-34(31,32)12-4-5-12)14-7-11(18(25)30)3-6-13(14)15-8-26-9-16(27-15)21(22,23)24/h3,6-10,12H,4-5H2,1-2H3,(H2,25,30)(H,28,29). The molecule has 8 nitrogen and oxygen atoms in total. The number of sulfonamides is 1. The van der Waals surface area contributed by atoms with Crippen LogP contribution in [0.1, 0.15) is 54.0 Å². The molecule has 180 valence electrons. The summed E-state index contributed by atoms with van der Waals surface area (Å²) in [6, 6.07) is 4.34. The van der Waals surface area contributed by atoms with Gasteiger partial charge in [-0.1, -0.05) is 19.9 Å². The molecule has 0 spiro atoms. The van der Waals surface area contributed by atoms with E-state index in [1.54, 1.807) is 19.2 Å². The lowest BCUT2D eigenvalue weighted by Gasteiger charge is -2.26. The Morgan fingerprint density at radius 1 is 1.15 bits per heavy atom. The maximum Gasteiger partial charge on any atom is 0.434 e. The molecule has 1 amide bonds. The largest absolute Gasteiger partial charge is 0.434 e. The van der Waals surface area contributed by atoms with Crippen molar-refractivity contribution in [1.29, 1.82) is 0 Å². The van der Waals surface area contributed by atoms with Gasteiger partial charge in [0.2, 0.25) is 15.9 Å². The second kappa shape index (κ2) is 8.31. The second-order valence-electron chi connectivity index (χ2n) is 8.42. The van der Waals surface area contributed by atoms with Gasteiger partial charge in [0.05, 0.1) is 29.0 Å². The minimum Gasteiger partial charge on any atom is -0.366 e. The number of nitrogens with one attached hydrogen (secondary N) is 1. The number of benzene rings is 1. The number of nitrogens with two attached hydrogens (primary N) is 1. The molecule has 0 radical (unpaired) electrons. The SMILES string of the molecule is CC(C)(c1csc(NS(=O)(=O)C2CC2)n1)c1cc(C(N)=O)ccc1-c1cncc(C(F)(F)F)n1. The lowest BCUT2D eigenvalue weighted by Crippen LogP contribution is -2.23. The Balaban J connectivity index is 1.79. The van der Waals surface area contributed by atoms with Crippen LogP contribution in [0.3, 0.4) is 0 Å². The molecule has 3 aromatic rings. The molecule has 1 fully saturated rings. The summed E-state index contributed by atoms with van der Waals surface area (Å²) in [6.07, 6.45) is -1.66. The van der Waals surface area contributed by atoms with Crippen LogP contribution in [0.5, 0.6) is 0 Å². The highest BCUT2D eigenvalue weighted by Gasteiger charge is 2.37. The predicted molar refractivity (Wildman–Crippen MR) is 121 cm³/mol. The molecule has 0 aliphatic heterocycles. The highest BCUT2D eigenvalue weighted by molar-refractivity contribution is 7.93. The van der Waals surface area contributed by atoms with E-state index in [-0.39, 0.29) is 16.4 Å². The number of nitrogens with zero attached hydrogens (tertiary/aromatic N) is 3. The fourth-order valence-electron chi connectivity index (χ4n) is 3.40. The van der Waals surface area contributed by atoms with Gasteiger partial charge >= 0.3 is 6.18 Å². The summed E-state index contributed by atoms with van der Waals surface area (Å²) in [5, 5.41) is 1.41. The number of amides is 1. The average Bonchev–Trinajstić information content (AvgIpc) is 3.53. The minimum atomic E-state index is -4.69. The van der Waals surface area contributed by atoms with E-state index in [2.05, 4.69) is 19.7 Å². The van der Waals surface area contributed by atoms with Crippen LogP contribution in [-0.4, -0.2) is 34.5 Å². The van der Waals surface area contributed by atoms with Crippen LogP contribution in [0.4, 0.5) is 18.3 Å². The first-order valence-electron chi connectivity index (χ1n) is 10.1. The summed E-state index contributed by atoms with van der Waals surface area (Å²) >= 11 is 1.09. The summed E-state index contributed by atoms with van der Waals surface area (Å²) < 4.78 is 66.7. The van der Waals surface area contributed by atoms with Crippen molar-refractivity contribution < 1.29 is 26.4 Å². The van der Waals surface area contributed by atoms with Crippen molar-refractivity contribution in [3.63, 3.8) is 0 Å². The molecule has 0 unspecified atom stereocenters. The van der Waals surface area contributed by atoms with Crippen LogP contribution in [0.2, 0.25) is 0 Å². The van der Waals surface area contributed by atoms with Crippen molar-refractivity contribution in [2.75, 3.05) is 4.72 Å². The van der Waals surface area contributed by atoms with Gasteiger partial charge < -0.3 is 5.73 Å². The van der Waals surface area contributed by atoms with Crippen LogP contribution >= 0.6 is 11.3 Å². The smallest absolute Gasteiger partial charge is 0.366 e. The third kappa shape index (κ3) is 4.75. The number of carbonyl (C=O) groups is 1. The molecular formula is C21H20F3N5O3S2. The maximum absolute atomic E-state index is 13.2. The molecule has 13 heteroatoms. The van der Waals surface area contributed by atoms with Gasteiger partial charge in [-0.2, -0.15) is 13.2 Å². The average molecular weight is 512 g/mol. The highest BCUT2D eigenvalue weighted by Crippen LogP contribution is 2.40. The molecule has 4 rings (SSSR count). The predicted octanol–water partition coefficient (Wildman–Crippen LogP) is 3.95. The molecule has 2 heterocycles. The van der Waals surface area contributed by atoms with Gasteiger partial charge in [0.1, 0.15) is 0 Å². The lowest BCUT2D eigenvalue weighted by atomic mass is 9.78. The molecule has 1 saturated carbocycles. The Labute approximate surface area is 197 Å². The third-order valence-corrected chi connectivity index (χ3v) is 8.23. The van der Waals surface area contributed by atoms with Gasteiger partial charge in [-0.05, 0) is 30.5 Å². The minimum absolute atomic E-state index is 0.0428. The van der Waals surface area contributed by atoms with E-state index >= 15 is 0 Å². The van der Waals surface area contributed by atoms with Gasteiger partial charge in [0.15, 0.2) is 10.8 Å². The number of rotatable bonds is 7. The number of alkyl halides is 3. The number of aromatic nitrogens is 3. The number of carbonyl (C=O) groups excluding carboxylic acids is 1. The fourth-order valence-corrected chi connectivity index (χ4v) is 5.87. The molecule has 1 aromatic carbocycles. The zero-order chi connectivity index (χ0) is 24.9. The van der Waals surface area contributed by atoms with Crippen molar-refractivity contribution in [3.05, 3.63) is 58.5 Å². The van der Waals surface area contributed by atoms with Gasteiger partial charge in [0.25, 0.3) is 0 Å². The summed E-state index contributed by atoms with van der Waals surface area (Å²) in [5.41, 5.74) is 4.62. The van der Waals surface area contributed by atoms with Crippen LogP contribution in [0.15, 0.2) is 36.0 Å². The van der Waals surface area contributed by atoms with E-state index in [4.69, 9.17) is 5.73 Å². The van der Waals surface area contributed by atoms with E-state index in [0.717, 1.165) is 11.3 Å². The Kier molecular flexibility index (Phi) is 5.88. The fraction of sp³-hybridized carbons (Fsp3) is 0.333. The lowest BCUT2D eigenvalue weighted by molar-refractivity contribution is -0.141.